The molecule has 0 saturated carbocycles. The molecule has 1 aromatic heterocycles. The van der Waals surface area contributed by atoms with Crippen LogP contribution in [0.3, 0.4) is 0 Å². The molecule has 0 unspecified atom stereocenters. The molecule has 0 spiro atoms. The van der Waals surface area contributed by atoms with Crippen LogP contribution < -0.4 is 16.2 Å². The van der Waals surface area contributed by atoms with Crippen molar-refractivity contribution in [1.29, 1.82) is 0 Å². The highest BCUT2D eigenvalue weighted by Gasteiger charge is 2.10. The molecule has 7 nitrogen and oxygen atoms in total. The third-order valence-electron chi connectivity index (χ3n) is 4.05. The molecule has 0 saturated heterocycles. The van der Waals surface area contributed by atoms with Crippen LogP contribution >= 0.6 is 0 Å². The number of aryl methyl sites for hydroxylation is 2. The Balaban J connectivity index is 1.50. The molecule has 0 aliphatic heterocycles. The lowest BCUT2D eigenvalue weighted by Gasteiger charge is -2.11. The summed E-state index contributed by atoms with van der Waals surface area (Å²) < 4.78 is 1.96. The van der Waals surface area contributed by atoms with Gasteiger partial charge >= 0.3 is 6.03 Å². The zero-order chi connectivity index (χ0) is 19.2. The summed E-state index contributed by atoms with van der Waals surface area (Å²) in [6.45, 7) is 4.52. The number of hydrogen-bond acceptors (Lipinski definition) is 3. The van der Waals surface area contributed by atoms with Crippen molar-refractivity contribution >= 4 is 17.6 Å². The van der Waals surface area contributed by atoms with E-state index in [0.717, 1.165) is 16.7 Å². The van der Waals surface area contributed by atoms with Gasteiger partial charge in [-0.1, -0.05) is 29.8 Å². The van der Waals surface area contributed by atoms with Gasteiger partial charge in [-0.3, -0.25) is 10.2 Å². The number of hydrogen-bond donors (Lipinski definition) is 3. The zero-order valence-corrected chi connectivity index (χ0v) is 15.2. The molecule has 2 aromatic carbocycles. The molecule has 3 aromatic rings. The van der Waals surface area contributed by atoms with E-state index in [1.54, 1.807) is 30.7 Å². The Morgan fingerprint density at radius 3 is 2.48 bits per heavy atom. The quantitative estimate of drug-likeness (QED) is 0.623. The number of amides is 3. The van der Waals surface area contributed by atoms with Crippen LogP contribution in [-0.4, -0.2) is 21.5 Å². The van der Waals surface area contributed by atoms with Crippen LogP contribution in [0.5, 0.6) is 0 Å². The number of carbonyl (C=O) groups excluding carboxylic acids is 2. The molecule has 1 heterocycles. The second-order valence-electron chi connectivity index (χ2n) is 6.28. The van der Waals surface area contributed by atoms with Crippen molar-refractivity contribution in [3.8, 4) is 0 Å². The van der Waals surface area contributed by atoms with Gasteiger partial charge in [-0.15, -0.1) is 0 Å². The normalized spacial score (nSPS) is 10.3. The maximum absolute atomic E-state index is 12.2. The van der Waals surface area contributed by atoms with Crippen molar-refractivity contribution in [2.75, 3.05) is 5.32 Å². The number of rotatable bonds is 4. The van der Waals surface area contributed by atoms with E-state index in [2.05, 4.69) is 21.2 Å². The highest BCUT2D eigenvalue weighted by molar-refractivity contribution is 5.98. The highest BCUT2D eigenvalue weighted by atomic mass is 16.2. The average molecular weight is 363 g/mol. The Labute approximate surface area is 157 Å². The van der Waals surface area contributed by atoms with Gasteiger partial charge in [0.05, 0.1) is 6.33 Å². The molecule has 7 heteroatoms. The topological polar surface area (TPSA) is 88.0 Å². The number of nitrogens with one attached hydrogen (secondary N) is 3. The Bertz CT molecular complexity index is 934. The van der Waals surface area contributed by atoms with Crippen molar-refractivity contribution in [2.45, 2.75) is 20.4 Å². The summed E-state index contributed by atoms with van der Waals surface area (Å²) in [6, 6.07) is 12.4. The van der Waals surface area contributed by atoms with E-state index in [0.29, 0.717) is 17.8 Å². The van der Waals surface area contributed by atoms with E-state index in [4.69, 9.17) is 0 Å². The van der Waals surface area contributed by atoms with Gasteiger partial charge in [-0.2, -0.15) is 0 Å². The van der Waals surface area contributed by atoms with Crippen molar-refractivity contribution in [3.63, 3.8) is 0 Å². The molecule has 138 valence electrons. The number of aromatic nitrogens is 2. The van der Waals surface area contributed by atoms with Crippen LogP contribution in [0.15, 0.2) is 61.2 Å². The summed E-state index contributed by atoms with van der Waals surface area (Å²) in [4.78, 5) is 28.2. The largest absolute Gasteiger partial charge is 0.337 e. The first kappa shape index (κ1) is 18.2. The Hall–Kier alpha value is -3.61. The van der Waals surface area contributed by atoms with Gasteiger partial charge in [0.25, 0.3) is 5.91 Å². The summed E-state index contributed by atoms with van der Waals surface area (Å²) in [5.41, 5.74) is 8.93. The van der Waals surface area contributed by atoms with Crippen molar-refractivity contribution in [1.82, 2.24) is 20.4 Å². The summed E-state index contributed by atoms with van der Waals surface area (Å²) in [5.74, 6) is -0.363. The lowest BCUT2D eigenvalue weighted by atomic mass is 10.1. The van der Waals surface area contributed by atoms with Crippen LogP contribution in [0.25, 0.3) is 0 Å². The molecule has 0 bridgehead atoms. The molecule has 3 amide bonds. The smallest absolute Gasteiger partial charge is 0.333 e. The number of hydrazine groups is 1. The summed E-state index contributed by atoms with van der Waals surface area (Å²) in [7, 11) is 0. The first-order valence-electron chi connectivity index (χ1n) is 8.50. The van der Waals surface area contributed by atoms with E-state index in [-0.39, 0.29) is 5.91 Å². The molecule has 3 N–H and O–H groups in total. The minimum Gasteiger partial charge on any atom is -0.333 e. The number of benzene rings is 2. The van der Waals surface area contributed by atoms with E-state index in [1.807, 2.05) is 48.9 Å². The summed E-state index contributed by atoms with van der Waals surface area (Å²) in [5, 5.41) is 2.67. The van der Waals surface area contributed by atoms with Gasteiger partial charge in [0.2, 0.25) is 0 Å². The lowest BCUT2D eigenvalue weighted by molar-refractivity contribution is 0.0937. The van der Waals surface area contributed by atoms with Gasteiger partial charge in [-0.05, 0) is 43.2 Å². The second kappa shape index (κ2) is 8.18. The predicted octanol–water partition coefficient (Wildman–Crippen LogP) is 3.01. The minimum atomic E-state index is -0.518. The van der Waals surface area contributed by atoms with E-state index < -0.39 is 6.03 Å². The summed E-state index contributed by atoms with van der Waals surface area (Å²) >= 11 is 0. The number of urea groups is 1. The van der Waals surface area contributed by atoms with Gasteiger partial charge < -0.3 is 9.88 Å². The molecule has 0 radical (unpaired) electrons. The van der Waals surface area contributed by atoms with Crippen LogP contribution in [0.2, 0.25) is 0 Å². The van der Waals surface area contributed by atoms with Crippen LogP contribution in [-0.2, 0) is 6.54 Å². The molecular weight excluding hydrogens is 342 g/mol. The molecule has 27 heavy (non-hydrogen) atoms. The predicted molar refractivity (Wildman–Crippen MR) is 103 cm³/mol. The standard InChI is InChI=1S/C20H21N5O2/c1-14-3-8-18(15(2)11-14)19(26)23-24-20(27)22-17-6-4-16(5-7-17)12-25-10-9-21-13-25/h3-11,13H,12H2,1-2H3,(H,23,26)(H2,22,24,27). The third-order valence-corrected chi connectivity index (χ3v) is 4.05. The van der Waals surface area contributed by atoms with Crippen molar-refractivity contribution in [2.24, 2.45) is 0 Å². The van der Waals surface area contributed by atoms with Crippen molar-refractivity contribution in [3.05, 3.63) is 83.4 Å². The van der Waals surface area contributed by atoms with E-state index >= 15 is 0 Å². The SMILES string of the molecule is Cc1ccc(C(=O)NNC(=O)Nc2ccc(Cn3ccnc3)cc2)c(C)c1. The molecule has 0 fully saturated rings. The Morgan fingerprint density at radius 2 is 1.81 bits per heavy atom. The van der Waals surface area contributed by atoms with Crippen molar-refractivity contribution < 1.29 is 9.59 Å². The van der Waals surface area contributed by atoms with Crippen LogP contribution in [0.1, 0.15) is 27.0 Å². The minimum absolute atomic E-state index is 0.363. The third kappa shape index (κ3) is 4.94. The molecule has 0 aliphatic rings. The fourth-order valence-electron chi connectivity index (χ4n) is 2.70. The second-order valence-corrected chi connectivity index (χ2v) is 6.28. The summed E-state index contributed by atoms with van der Waals surface area (Å²) in [6.07, 6.45) is 5.36. The Kier molecular flexibility index (Phi) is 5.51. The molecule has 0 atom stereocenters. The maximum atomic E-state index is 12.2. The van der Waals surface area contributed by atoms with Gasteiger partial charge in [0, 0.05) is 30.2 Å². The van der Waals surface area contributed by atoms with Gasteiger partial charge in [-0.25, -0.2) is 15.2 Å². The lowest BCUT2D eigenvalue weighted by Crippen LogP contribution is -2.44. The number of carbonyl (C=O) groups is 2. The average Bonchev–Trinajstić information content (AvgIpc) is 3.14. The monoisotopic (exact) mass is 363 g/mol. The first-order chi connectivity index (χ1) is 13.0. The van der Waals surface area contributed by atoms with E-state index in [9.17, 15) is 9.59 Å². The fourth-order valence-corrected chi connectivity index (χ4v) is 2.70. The first-order valence-corrected chi connectivity index (χ1v) is 8.50. The molecule has 3 rings (SSSR count). The zero-order valence-electron chi connectivity index (χ0n) is 15.2. The van der Waals surface area contributed by atoms with Crippen LogP contribution in [0.4, 0.5) is 10.5 Å². The molecular formula is C20H21N5O2. The highest BCUT2D eigenvalue weighted by Crippen LogP contribution is 2.11. The van der Waals surface area contributed by atoms with Gasteiger partial charge in [0.1, 0.15) is 0 Å². The number of anilines is 1. The fraction of sp³-hybridized carbons (Fsp3) is 0.150. The number of nitrogens with zero attached hydrogens (tertiary/aromatic N) is 2. The van der Waals surface area contributed by atoms with Gasteiger partial charge in [0.15, 0.2) is 0 Å². The maximum Gasteiger partial charge on any atom is 0.337 e. The van der Waals surface area contributed by atoms with Crippen LogP contribution in [0, 0.1) is 13.8 Å². The number of imidazole rings is 1. The molecule has 0 aliphatic carbocycles. The van der Waals surface area contributed by atoms with E-state index in [1.165, 1.54) is 0 Å². The Morgan fingerprint density at radius 1 is 1.04 bits per heavy atom.